The first kappa shape index (κ1) is 13.1. The summed E-state index contributed by atoms with van der Waals surface area (Å²) in [5.41, 5.74) is 6.04. The summed E-state index contributed by atoms with van der Waals surface area (Å²) in [7, 11) is 0. The highest BCUT2D eigenvalue weighted by Gasteiger charge is 2.36. The van der Waals surface area contributed by atoms with Gasteiger partial charge < -0.3 is 10.5 Å². The van der Waals surface area contributed by atoms with E-state index in [-0.39, 0.29) is 16.6 Å². The highest BCUT2D eigenvalue weighted by Crippen LogP contribution is 2.33. The normalized spacial score (nSPS) is 11.1. The number of hydrogen-bond acceptors (Lipinski definition) is 6. The van der Waals surface area contributed by atoms with Crippen LogP contribution in [0.5, 0.6) is 10.9 Å². The molecule has 0 spiro atoms. The Morgan fingerprint density at radius 3 is 2.63 bits per heavy atom. The molecule has 1 aromatic carbocycles. The minimum atomic E-state index is -4.62. The van der Waals surface area contributed by atoms with Crippen LogP contribution in [-0.4, -0.2) is 9.36 Å². The Balaban J connectivity index is 2.22. The predicted octanol–water partition coefficient (Wildman–Crippen LogP) is 2.80. The minimum Gasteiger partial charge on any atom is -0.428 e. The minimum absolute atomic E-state index is 0.115. The van der Waals surface area contributed by atoms with Crippen LogP contribution in [0.1, 0.15) is 11.4 Å². The van der Waals surface area contributed by atoms with Crippen LogP contribution in [0.4, 0.5) is 18.9 Å². The van der Waals surface area contributed by atoms with Crippen LogP contribution in [-0.2, 0) is 6.18 Å². The van der Waals surface area contributed by atoms with Crippen molar-refractivity contribution < 1.29 is 17.9 Å². The van der Waals surface area contributed by atoms with Gasteiger partial charge in [0.1, 0.15) is 0 Å². The van der Waals surface area contributed by atoms with Crippen LogP contribution < -0.4 is 10.5 Å². The molecule has 98 valence electrons. The van der Waals surface area contributed by atoms with Crippen molar-refractivity contribution in [3.63, 3.8) is 0 Å². The lowest BCUT2D eigenvalue weighted by Crippen LogP contribution is -2.07. The monoisotopic (exact) mass is 286 g/mol. The number of aromatic nitrogens is 2. The van der Waals surface area contributed by atoms with Crippen LogP contribution >= 0.6 is 11.5 Å². The van der Waals surface area contributed by atoms with Crippen molar-refractivity contribution in [2.45, 2.75) is 6.18 Å². The third-order valence-corrected chi connectivity index (χ3v) is 2.59. The van der Waals surface area contributed by atoms with Gasteiger partial charge in [-0.2, -0.15) is 27.8 Å². The highest BCUT2D eigenvalue weighted by atomic mass is 32.1. The molecule has 0 unspecified atom stereocenters. The second kappa shape index (κ2) is 4.74. The molecule has 9 heteroatoms. The molecule has 0 fully saturated rings. The molecule has 1 aromatic heterocycles. The van der Waals surface area contributed by atoms with Crippen molar-refractivity contribution in [2.75, 3.05) is 5.73 Å². The zero-order valence-electron chi connectivity index (χ0n) is 9.10. The summed E-state index contributed by atoms with van der Waals surface area (Å²) >= 11 is 0.466. The molecule has 0 saturated carbocycles. The molecular formula is C10H5F3N4OS. The average molecular weight is 286 g/mol. The third kappa shape index (κ3) is 2.92. The average Bonchev–Trinajstić information content (AvgIpc) is 2.80. The van der Waals surface area contributed by atoms with Crippen molar-refractivity contribution in [3.8, 4) is 17.0 Å². The van der Waals surface area contributed by atoms with Crippen LogP contribution in [0.25, 0.3) is 0 Å². The molecule has 0 atom stereocenters. The van der Waals surface area contributed by atoms with Gasteiger partial charge in [0.2, 0.25) is 0 Å². The number of nitrogens with two attached hydrogens (primary N) is 1. The molecule has 5 nitrogen and oxygen atoms in total. The van der Waals surface area contributed by atoms with E-state index >= 15 is 0 Å². The number of nitrogens with zero attached hydrogens (tertiary/aromatic N) is 3. The zero-order chi connectivity index (χ0) is 14.0. The Hall–Kier alpha value is -2.34. The molecule has 0 aliphatic heterocycles. The van der Waals surface area contributed by atoms with Crippen LogP contribution in [0.2, 0.25) is 0 Å². The lowest BCUT2D eigenvalue weighted by atomic mass is 10.2. The van der Waals surface area contributed by atoms with E-state index in [2.05, 4.69) is 9.36 Å². The smallest absolute Gasteiger partial charge is 0.428 e. The molecule has 0 amide bonds. The second-order valence-electron chi connectivity index (χ2n) is 3.35. The van der Waals surface area contributed by atoms with Crippen molar-refractivity contribution in [2.24, 2.45) is 0 Å². The standard InChI is InChI=1S/C10H5F3N4OS/c11-10(12,13)8-16-9(19-17-8)18-7-2-1-5(4-14)3-6(7)15/h1-3H,15H2. The van der Waals surface area contributed by atoms with E-state index in [1.165, 1.54) is 18.2 Å². The zero-order valence-corrected chi connectivity index (χ0v) is 9.92. The Bertz CT molecular complexity index is 647. The van der Waals surface area contributed by atoms with Crippen molar-refractivity contribution in [1.29, 1.82) is 5.26 Å². The number of hydrogen-bond donors (Lipinski definition) is 1. The summed E-state index contributed by atoms with van der Waals surface area (Å²) in [6.07, 6.45) is -4.62. The van der Waals surface area contributed by atoms with Gasteiger partial charge in [0.15, 0.2) is 5.75 Å². The van der Waals surface area contributed by atoms with E-state index in [1.807, 2.05) is 6.07 Å². The molecule has 2 rings (SSSR count). The molecule has 2 N–H and O–H groups in total. The number of benzene rings is 1. The van der Waals surface area contributed by atoms with Gasteiger partial charge in [-0.15, -0.1) is 0 Å². The number of anilines is 1. The summed E-state index contributed by atoms with van der Waals surface area (Å²) in [5, 5.41) is 8.37. The predicted molar refractivity (Wildman–Crippen MR) is 60.6 cm³/mol. The number of ether oxygens (including phenoxy) is 1. The quantitative estimate of drug-likeness (QED) is 0.858. The Morgan fingerprint density at radius 1 is 1.37 bits per heavy atom. The number of rotatable bonds is 2. The Morgan fingerprint density at radius 2 is 2.11 bits per heavy atom. The summed E-state index contributed by atoms with van der Waals surface area (Å²) in [5.74, 6) is -1.15. The van der Waals surface area contributed by atoms with Crippen molar-refractivity contribution in [1.82, 2.24) is 9.36 Å². The summed E-state index contributed by atoms with van der Waals surface area (Å²) in [6.45, 7) is 0. The number of nitriles is 1. The maximum absolute atomic E-state index is 12.3. The molecule has 19 heavy (non-hydrogen) atoms. The van der Waals surface area contributed by atoms with E-state index in [4.69, 9.17) is 15.7 Å². The number of nitrogen functional groups attached to an aromatic ring is 1. The van der Waals surface area contributed by atoms with Crippen molar-refractivity contribution in [3.05, 3.63) is 29.6 Å². The lowest BCUT2D eigenvalue weighted by Gasteiger charge is -2.04. The third-order valence-electron chi connectivity index (χ3n) is 2.00. The second-order valence-corrected chi connectivity index (χ2v) is 4.06. The van der Waals surface area contributed by atoms with Crippen molar-refractivity contribution >= 4 is 17.2 Å². The highest BCUT2D eigenvalue weighted by molar-refractivity contribution is 7.07. The molecule has 0 aliphatic rings. The maximum atomic E-state index is 12.3. The molecule has 0 aliphatic carbocycles. The van der Waals surface area contributed by atoms with Crippen LogP contribution in [0.3, 0.4) is 0 Å². The first-order valence-electron chi connectivity index (χ1n) is 4.78. The first-order chi connectivity index (χ1) is 8.90. The van der Waals surface area contributed by atoms with Gasteiger partial charge in [-0.25, -0.2) is 0 Å². The Kier molecular flexibility index (Phi) is 3.26. The van der Waals surface area contributed by atoms with E-state index in [1.54, 1.807) is 0 Å². The fourth-order valence-corrected chi connectivity index (χ4v) is 1.73. The van der Waals surface area contributed by atoms with Gasteiger partial charge in [-0.3, -0.25) is 0 Å². The molecule has 0 saturated heterocycles. The molecule has 1 heterocycles. The van der Waals surface area contributed by atoms with Gasteiger partial charge in [-0.1, -0.05) is 0 Å². The summed E-state index contributed by atoms with van der Waals surface area (Å²) < 4.78 is 45.1. The van der Waals surface area contributed by atoms with Crippen LogP contribution in [0, 0.1) is 11.3 Å². The Labute approximate surface area is 109 Å². The largest absolute Gasteiger partial charge is 0.452 e. The first-order valence-corrected chi connectivity index (χ1v) is 5.56. The van der Waals surface area contributed by atoms with E-state index < -0.39 is 12.0 Å². The molecule has 2 aromatic rings. The summed E-state index contributed by atoms with van der Waals surface area (Å²) in [6, 6.07) is 6.03. The number of halogens is 3. The molecule has 0 radical (unpaired) electrons. The van der Waals surface area contributed by atoms with E-state index in [0.29, 0.717) is 17.1 Å². The SMILES string of the molecule is N#Cc1ccc(Oc2nc(C(F)(F)F)ns2)c(N)c1. The summed E-state index contributed by atoms with van der Waals surface area (Å²) in [4.78, 5) is 3.20. The number of alkyl halides is 3. The van der Waals surface area contributed by atoms with Gasteiger partial charge in [-0.05, 0) is 18.2 Å². The fourth-order valence-electron chi connectivity index (χ4n) is 1.17. The van der Waals surface area contributed by atoms with E-state index in [0.717, 1.165) is 0 Å². The topological polar surface area (TPSA) is 84.8 Å². The van der Waals surface area contributed by atoms with Gasteiger partial charge in [0.25, 0.3) is 11.0 Å². The maximum Gasteiger partial charge on any atom is 0.452 e. The van der Waals surface area contributed by atoms with Crippen LogP contribution in [0.15, 0.2) is 18.2 Å². The van der Waals surface area contributed by atoms with Gasteiger partial charge in [0.05, 0.1) is 17.3 Å². The van der Waals surface area contributed by atoms with Gasteiger partial charge >= 0.3 is 6.18 Å². The molecular weight excluding hydrogens is 281 g/mol. The van der Waals surface area contributed by atoms with Gasteiger partial charge in [0, 0.05) is 11.5 Å². The lowest BCUT2D eigenvalue weighted by molar-refractivity contribution is -0.144. The fraction of sp³-hybridized carbons (Fsp3) is 0.100. The molecule has 0 bridgehead atoms. The van der Waals surface area contributed by atoms with E-state index in [9.17, 15) is 13.2 Å².